The fourth-order valence-electron chi connectivity index (χ4n) is 2.10. The summed E-state index contributed by atoms with van der Waals surface area (Å²) in [4.78, 5) is 24.0. The summed E-state index contributed by atoms with van der Waals surface area (Å²) in [5, 5.41) is 11.8. The van der Waals surface area contributed by atoms with E-state index in [-0.39, 0.29) is 31.8 Å². The Kier molecular flexibility index (Phi) is 4.84. The highest BCUT2D eigenvalue weighted by atomic mass is 19.1. The molecule has 1 fully saturated rings. The second-order valence-electron chi connectivity index (χ2n) is 5.40. The van der Waals surface area contributed by atoms with Gasteiger partial charge in [-0.15, -0.1) is 0 Å². The Morgan fingerprint density at radius 1 is 1.58 bits per heavy atom. The van der Waals surface area contributed by atoms with E-state index in [1.807, 2.05) is 6.07 Å². The first-order valence-electron chi connectivity index (χ1n) is 6.11. The lowest BCUT2D eigenvalue weighted by Gasteiger charge is -2.27. The Bertz CT molecular complexity index is 405. The van der Waals surface area contributed by atoms with Crippen molar-refractivity contribution in [2.24, 2.45) is 5.73 Å². The number of rotatable bonds is 5. The molecule has 19 heavy (non-hydrogen) atoms. The van der Waals surface area contributed by atoms with E-state index in [0.717, 1.165) is 0 Å². The molecule has 0 aromatic rings. The number of amides is 2. The van der Waals surface area contributed by atoms with Gasteiger partial charge in [0.25, 0.3) is 0 Å². The predicted octanol–water partition coefficient (Wildman–Crippen LogP) is -0.307. The highest BCUT2D eigenvalue weighted by Gasteiger charge is 2.35. The third-order valence-electron chi connectivity index (χ3n) is 3.05. The molecule has 7 heteroatoms. The van der Waals surface area contributed by atoms with E-state index in [0.29, 0.717) is 0 Å². The average Bonchev–Trinajstić information content (AvgIpc) is 2.66. The first-order valence-corrected chi connectivity index (χ1v) is 6.11. The molecule has 2 atom stereocenters. The van der Waals surface area contributed by atoms with E-state index in [9.17, 15) is 14.0 Å². The van der Waals surface area contributed by atoms with Gasteiger partial charge in [0, 0.05) is 18.4 Å². The number of hydrogen-bond donors (Lipinski definition) is 2. The Labute approximate surface area is 111 Å². The molecule has 6 nitrogen and oxygen atoms in total. The van der Waals surface area contributed by atoms with Crippen molar-refractivity contribution in [3.63, 3.8) is 0 Å². The molecule has 2 amide bonds. The number of carbonyl (C=O) groups is 2. The molecule has 0 aliphatic carbocycles. The van der Waals surface area contributed by atoms with Crippen LogP contribution in [0.15, 0.2) is 0 Å². The summed E-state index contributed by atoms with van der Waals surface area (Å²) in [5.41, 5.74) is 4.49. The molecular weight excluding hydrogens is 251 g/mol. The second kappa shape index (κ2) is 5.97. The summed E-state index contributed by atoms with van der Waals surface area (Å²) in [6.45, 7) is 3.39. The number of nitrogens with one attached hydrogen (secondary N) is 1. The minimum absolute atomic E-state index is 0.0466. The molecule has 1 saturated heterocycles. The normalized spacial score (nSPS) is 23.2. The third-order valence-corrected chi connectivity index (χ3v) is 3.05. The van der Waals surface area contributed by atoms with E-state index in [4.69, 9.17) is 11.0 Å². The lowest BCUT2D eigenvalue weighted by molar-refractivity contribution is -0.131. The maximum atomic E-state index is 13.2. The average molecular weight is 270 g/mol. The number of halogens is 1. The number of alkyl halides is 1. The van der Waals surface area contributed by atoms with Crippen LogP contribution in [0.5, 0.6) is 0 Å². The van der Waals surface area contributed by atoms with Crippen molar-refractivity contribution in [1.29, 1.82) is 5.26 Å². The minimum atomic E-state index is -1.15. The van der Waals surface area contributed by atoms with Gasteiger partial charge in [-0.3, -0.25) is 9.59 Å². The SMILES string of the molecule is CC(C)(CC(N)=O)NCC(=O)N1C[C@@H](F)C[C@H]1C#N. The van der Waals surface area contributed by atoms with Gasteiger partial charge in [0.15, 0.2) is 0 Å². The van der Waals surface area contributed by atoms with E-state index in [2.05, 4.69) is 5.32 Å². The molecule has 0 unspecified atom stereocenters. The fourth-order valence-corrected chi connectivity index (χ4v) is 2.10. The van der Waals surface area contributed by atoms with Crippen molar-refractivity contribution in [3.8, 4) is 6.07 Å². The Morgan fingerprint density at radius 3 is 2.74 bits per heavy atom. The molecule has 0 saturated carbocycles. The standard InChI is InChI=1S/C12H19FN4O2/c1-12(2,4-10(15)18)16-6-11(19)17-7-8(13)3-9(17)5-14/h8-9,16H,3-4,6-7H2,1-2H3,(H2,15,18)/t8-,9-/m0/s1. The molecule has 0 aromatic heterocycles. The quantitative estimate of drug-likeness (QED) is 0.716. The molecule has 1 heterocycles. The first kappa shape index (κ1) is 15.4. The second-order valence-corrected chi connectivity index (χ2v) is 5.40. The maximum absolute atomic E-state index is 13.2. The molecule has 3 N–H and O–H groups in total. The molecule has 0 spiro atoms. The smallest absolute Gasteiger partial charge is 0.237 e. The molecule has 0 aromatic carbocycles. The molecule has 1 aliphatic rings. The largest absolute Gasteiger partial charge is 0.370 e. The highest BCUT2D eigenvalue weighted by Crippen LogP contribution is 2.20. The van der Waals surface area contributed by atoms with Gasteiger partial charge in [0.2, 0.25) is 11.8 Å². The molecule has 0 radical (unpaired) electrons. The summed E-state index contributed by atoms with van der Waals surface area (Å²) in [6, 6.07) is 1.21. The maximum Gasteiger partial charge on any atom is 0.237 e. The zero-order valence-corrected chi connectivity index (χ0v) is 11.1. The highest BCUT2D eigenvalue weighted by molar-refractivity contribution is 5.80. The molecule has 1 rings (SSSR count). The van der Waals surface area contributed by atoms with Crippen LogP contribution in [0.3, 0.4) is 0 Å². The molecule has 0 bridgehead atoms. The van der Waals surface area contributed by atoms with Gasteiger partial charge in [-0.25, -0.2) is 4.39 Å². The number of carbonyl (C=O) groups excluding carboxylic acids is 2. The monoisotopic (exact) mass is 270 g/mol. The van der Waals surface area contributed by atoms with Crippen LogP contribution in [0.2, 0.25) is 0 Å². The lowest BCUT2D eigenvalue weighted by Crippen LogP contribution is -2.49. The zero-order chi connectivity index (χ0) is 14.6. The van der Waals surface area contributed by atoms with Crippen molar-refractivity contribution in [2.45, 2.75) is 44.4 Å². The van der Waals surface area contributed by atoms with Crippen LogP contribution in [0.4, 0.5) is 4.39 Å². The van der Waals surface area contributed by atoms with Gasteiger partial charge in [0.05, 0.1) is 19.2 Å². The molecule has 106 valence electrons. The van der Waals surface area contributed by atoms with Crippen molar-refractivity contribution < 1.29 is 14.0 Å². The topological polar surface area (TPSA) is 99.2 Å². The summed E-state index contributed by atoms with van der Waals surface area (Å²) in [5.74, 6) is -0.811. The summed E-state index contributed by atoms with van der Waals surface area (Å²) < 4.78 is 13.2. The van der Waals surface area contributed by atoms with E-state index >= 15 is 0 Å². The number of nitrogens with two attached hydrogens (primary N) is 1. The van der Waals surface area contributed by atoms with Gasteiger partial charge in [-0.05, 0) is 13.8 Å². The van der Waals surface area contributed by atoms with E-state index in [1.54, 1.807) is 13.8 Å². The zero-order valence-electron chi connectivity index (χ0n) is 11.1. The summed E-state index contributed by atoms with van der Waals surface area (Å²) in [6.07, 6.45) is -0.993. The number of nitrogens with zero attached hydrogens (tertiary/aromatic N) is 2. The van der Waals surface area contributed by atoms with Gasteiger partial charge in [-0.1, -0.05) is 0 Å². The Balaban J connectivity index is 2.52. The van der Waals surface area contributed by atoms with Crippen LogP contribution in [0, 0.1) is 11.3 Å². The molecular formula is C12H19FN4O2. The van der Waals surface area contributed by atoms with E-state index < -0.39 is 23.7 Å². The van der Waals surface area contributed by atoms with Crippen LogP contribution in [0.1, 0.15) is 26.7 Å². The van der Waals surface area contributed by atoms with Crippen LogP contribution in [-0.4, -0.2) is 47.6 Å². The van der Waals surface area contributed by atoms with Crippen molar-refractivity contribution >= 4 is 11.8 Å². The Hall–Kier alpha value is -1.68. The van der Waals surface area contributed by atoms with Gasteiger partial charge in [0.1, 0.15) is 12.2 Å². The summed E-state index contributed by atoms with van der Waals surface area (Å²) in [7, 11) is 0. The van der Waals surface area contributed by atoms with E-state index in [1.165, 1.54) is 4.90 Å². The fraction of sp³-hybridized carbons (Fsp3) is 0.750. The number of nitriles is 1. The van der Waals surface area contributed by atoms with Crippen molar-refractivity contribution in [1.82, 2.24) is 10.2 Å². The molecule has 1 aliphatic heterocycles. The van der Waals surface area contributed by atoms with Crippen molar-refractivity contribution in [2.75, 3.05) is 13.1 Å². The number of likely N-dealkylation sites (tertiary alicyclic amines) is 1. The third kappa shape index (κ3) is 4.48. The van der Waals surface area contributed by atoms with Gasteiger partial charge < -0.3 is 16.0 Å². The van der Waals surface area contributed by atoms with Gasteiger partial charge >= 0.3 is 0 Å². The lowest BCUT2D eigenvalue weighted by atomic mass is 10.0. The van der Waals surface area contributed by atoms with Crippen LogP contribution < -0.4 is 11.1 Å². The van der Waals surface area contributed by atoms with Crippen molar-refractivity contribution in [3.05, 3.63) is 0 Å². The van der Waals surface area contributed by atoms with Crippen LogP contribution in [0.25, 0.3) is 0 Å². The van der Waals surface area contributed by atoms with Gasteiger partial charge in [-0.2, -0.15) is 5.26 Å². The predicted molar refractivity (Wildman–Crippen MR) is 66.5 cm³/mol. The first-order chi connectivity index (χ1) is 8.75. The minimum Gasteiger partial charge on any atom is -0.370 e. The Morgan fingerprint density at radius 2 is 2.21 bits per heavy atom. The number of primary amides is 1. The van der Waals surface area contributed by atoms with Crippen LogP contribution in [-0.2, 0) is 9.59 Å². The number of hydrogen-bond acceptors (Lipinski definition) is 4. The van der Waals surface area contributed by atoms with Crippen LogP contribution >= 0.6 is 0 Å². The summed E-state index contributed by atoms with van der Waals surface area (Å²) >= 11 is 0.